The van der Waals surface area contributed by atoms with Crippen molar-refractivity contribution >= 4 is 11.8 Å². The number of thioether (sulfide) groups is 1. The Morgan fingerprint density at radius 3 is 2.69 bits per heavy atom. The fraction of sp³-hybridized carbons (Fsp3) is 0.800. The van der Waals surface area contributed by atoms with Crippen molar-refractivity contribution in [3.63, 3.8) is 0 Å². The van der Waals surface area contributed by atoms with E-state index in [1.807, 2.05) is 0 Å². The summed E-state index contributed by atoms with van der Waals surface area (Å²) in [6, 6.07) is 0. The molecule has 0 fully saturated rings. The lowest BCUT2D eigenvalue weighted by Crippen LogP contribution is -2.15. The monoisotopic (exact) mass is 243 g/mol. The molecule has 1 rings (SSSR count). The Labute approximate surface area is 101 Å². The average Bonchev–Trinajstić information content (AvgIpc) is 2.61. The first-order valence-corrected chi connectivity index (χ1v) is 6.57. The Morgan fingerprint density at radius 1 is 1.38 bits per heavy atom. The molecule has 1 heterocycles. The summed E-state index contributed by atoms with van der Waals surface area (Å²) in [4.78, 5) is 2.16. The van der Waals surface area contributed by atoms with Gasteiger partial charge in [0.25, 0.3) is 0 Å². The molecular formula is C10H21N5S. The van der Waals surface area contributed by atoms with E-state index in [1.54, 1.807) is 11.8 Å². The Kier molecular flexibility index (Phi) is 5.79. The molecule has 0 radical (unpaired) electrons. The lowest BCUT2D eigenvalue weighted by Gasteiger charge is -2.10. The van der Waals surface area contributed by atoms with Crippen LogP contribution >= 0.6 is 11.8 Å². The van der Waals surface area contributed by atoms with Crippen molar-refractivity contribution in [1.82, 2.24) is 19.7 Å². The maximum Gasteiger partial charge on any atom is 0.191 e. The van der Waals surface area contributed by atoms with E-state index in [-0.39, 0.29) is 0 Å². The molecule has 6 heteroatoms. The number of aromatic nitrogens is 3. The maximum absolute atomic E-state index is 5.63. The van der Waals surface area contributed by atoms with Crippen molar-refractivity contribution in [2.45, 2.75) is 31.6 Å². The SMILES string of the molecule is CCCn1c(CN)nnc1SCCN(C)C. The number of hydrogen-bond acceptors (Lipinski definition) is 5. The van der Waals surface area contributed by atoms with Crippen molar-refractivity contribution in [3.8, 4) is 0 Å². The largest absolute Gasteiger partial charge is 0.324 e. The molecule has 0 unspecified atom stereocenters. The van der Waals surface area contributed by atoms with E-state index < -0.39 is 0 Å². The molecule has 0 saturated heterocycles. The molecule has 0 bridgehead atoms. The van der Waals surface area contributed by atoms with Gasteiger partial charge in [0.05, 0.1) is 6.54 Å². The lowest BCUT2D eigenvalue weighted by molar-refractivity contribution is 0.437. The Bertz CT molecular complexity index is 310. The number of nitrogens with zero attached hydrogens (tertiary/aromatic N) is 4. The molecule has 92 valence electrons. The van der Waals surface area contributed by atoms with Crippen molar-refractivity contribution in [2.24, 2.45) is 5.73 Å². The third kappa shape index (κ3) is 3.77. The van der Waals surface area contributed by atoms with Crippen LogP contribution in [0.15, 0.2) is 5.16 Å². The zero-order valence-corrected chi connectivity index (χ0v) is 11.1. The van der Waals surface area contributed by atoms with Gasteiger partial charge < -0.3 is 15.2 Å². The molecule has 1 aromatic heterocycles. The van der Waals surface area contributed by atoms with E-state index in [4.69, 9.17) is 5.73 Å². The van der Waals surface area contributed by atoms with Gasteiger partial charge in [0, 0.05) is 18.8 Å². The summed E-state index contributed by atoms with van der Waals surface area (Å²) in [5.74, 6) is 1.91. The standard InChI is InChI=1S/C10H21N5S/c1-4-5-15-9(8-11)12-13-10(15)16-7-6-14(2)3/h4-8,11H2,1-3H3. The van der Waals surface area contributed by atoms with Gasteiger partial charge in [0.15, 0.2) is 5.16 Å². The molecule has 0 aliphatic rings. The van der Waals surface area contributed by atoms with Gasteiger partial charge >= 0.3 is 0 Å². The van der Waals surface area contributed by atoms with Crippen LogP contribution in [0.5, 0.6) is 0 Å². The fourth-order valence-electron chi connectivity index (χ4n) is 1.34. The first-order valence-electron chi connectivity index (χ1n) is 5.58. The lowest BCUT2D eigenvalue weighted by atomic mass is 10.4. The number of nitrogens with two attached hydrogens (primary N) is 1. The van der Waals surface area contributed by atoms with Crippen LogP contribution in [0.25, 0.3) is 0 Å². The molecule has 0 aliphatic carbocycles. The zero-order chi connectivity index (χ0) is 12.0. The molecule has 0 aliphatic heterocycles. The Hall–Kier alpha value is -0.590. The van der Waals surface area contributed by atoms with Crippen LogP contribution in [0.3, 0.4) is 0 Å². The molecule has 0 spiro atoms. The Balaban J connectivity index is 2.60. The van der Waals surface area contributed by atoms with E-state index >= 15 is 0 Å². The van der Waals surface area contributed by atoms with Gasteiger partial charge in [0.1, 0.15) is 5.82 Å². The van der Waals surface area contributed by atoms with Crippen molar-refractivity contribution in [3.05, 3.63) is 5.82 Å². The average molecular weight is 243 g/mol. The fourth-order valence-corrected chi connectivity index (χ4v) is 2.43. The van der Waals surface area contributed by atoms with E-state index in [0.717, 1.165) is 36.2 Å². The summed E-state index contributed by atoms with van der Waals surface area (Å²) in [7, 11) is 4.14. The van der Waals surface area contributed by atoms with E-state index in [9.17, 15) is 0 Å². The third-order valence-electron chi connectivity index (χ3n) is 2.19. The molecule has 1 aromatic rings. The van der Waals surface area contributed by atoms with Crippen LogP contribution in [-0.2, 0) is 13.1 Å². The Morgan fingerprint density at radius 2 is 2.12 bits per heavy atom. The van der Waals surface area contributed by atoms with Crippen LogP contribution in [0.2, 0.25) is 0 Å². The van der Waals surface area contributed by atoms with Crippen LogP contribution in [-0.4, -0.2) is 46.1 Å². The highest BCUT2D eigenvalue weighted by atomic mass is 32.2. The van der Waals surface area contributed by atoms with Gasteiger partial charge in [-0.15, -0.1) is 10.2 Å². The molecule has 2 N–H and O–H groups in total. The van der Waals surface area contributed by atoms with Crippen molar-refractivity contribution < 1.29 is 0 Å². The minimum absolute atomic E-state index is 0.460. The van der Waals surface area contributed by atoms with E-state index in [2.05, 4.69) is 40.7 Å². The highest BCUT2D eigenvalue weighted by molar-refractivity contribution is 7.99. The number of rotatable bonds is 7. The zero-order valence-electron chi connectivity index (χ0n) is 10.3. The quantitative estimate of drug-likeness (QED) is 0.718. The van der Waals surface area contributed by atoms with Gasteiger partial charge in [-0.25, -0.2) is 0 Å². The number of hydrogen-bond donors (Lipinski definition) is 1. The second-order valence-corrected chi connectivity index (χ2v) is 4.97. The highest BCUT2D eigenvalue weighted by Gasteiger charge is 2.10. The summed E-state index contributed by atoms with van der Waals surface area (Å²) in [6.07, 6.45) is 1.08. The second-order valence-electron chi connectivity index (χ2n) is 3.91. The van der Waals surface area contributed by atoms with Crippen molar-refractivity contribution in [2.75, 3.05) is 26.4 Å². The highest BCUT2D eigenvalue weighted by Crippen LogP contribution is 2.17. The van der Waals surface area contributed by atoms with E-state index in [1.165, 1.54) is 0 Å². The molecule has 5 nitrogen and oxygen atoms in total. The second kappa shape index (κ2) is 6.88. The third-order valence-corrected chi connectivity index (χ3v) is 3.14. The smallest absolute Gasteiger partial charge is 0.191 e. The molecule has 0 amide bonds. The molecule has 0 atom stereocenters. The minimum Gasteiger partial charge on any atom is -0.324 e. The molecular weight excluding hydrogens is 222 g/mol. The summed E-state index contributed by atoms with van der Waals surface area (Å²) in [5.41, 5.74) is 5.63. The minimum atomic E-state index is 0.460. The van der Waals surface area contributed by atoms with Gasteiger partial charge in [-0.1, -0.05) is 18.7 Å². The first kappa shape index (κ1) is 13.5. The topological polar surface area (TPSA) is 60.0 Å². The normalized spacial score (nSPS) is 11.3. The van der Waals surface area contributed by atoms with Crippen LogP contribution in [0.4, 0.5) is 0 Å². The molecule has 0 aromatic carbocycles. The first-order chi connectivity index (χ1) is 7.69. The van der Waals surface area contributed by atoms with Gasteiger partial charge in [0.2, 0.25) is 0 Å². The molecule has 16 heavy (non-hydrogen) atoms. The summed E-state index contributed by atoms with van der Waals surface area (Å²) < 4.78 is 2.13. The summed E-state index contributed by atoms with van der Waals surface area (Å²) in [5, 5.41) is 9.27. The van der Waals surface area contributed by atoms with Gasteiger partial charge in [-0.05, 0) is 20.5 Å². The van der Waals surface area contributed by atoms with E-state index in [0.29, 0.717) is 6.54 Å². The van der Waals surface area contributed by atoms with Gasteiger partial charge in [-0.3, -0.25) is 0 Å². The van der Waals surface area contributed by atoms with Crippen molar-refractivity contribution in [1.29, 1.82) is 0 Å². The predicted octanol–water partition coefficient (Wildman–Crippen LogP) is 0.800. The predicted molar refractivity (Wildman–Crippen MR) is 67.5 cm³/mol. The maximum atomic E-state index is 5.63. The van der Waals surface area contributed by atoms with Crippen LogP contribution in [0.1, 0.15) is 19.2 Å². The summed E-state index contributed by atoms with van der Waals surface area (Å²) >= 11 is 1.74. The molecule has 0 saturated carbocycles. The summed E-state index contributed by atoms with van der Waals surface area (Å²) in [6.45, 7) is 4.60. The van der Waals surface area contributed by atoms with Crippen LogP contribution in [0, 0.1) is 0 Å². The van der Waals surface area contributed by atoms with Gasteiger partial charge in [-0.2, -0.15) is 0 Å². The van der Waals surface area contributed by atoms with Crippen LogP contribution < -0.4 is 5.73 Å².